The van der Waals surface area contributed by atoms with Gasteiger partial charge in [0.15, 0.2) is 0 Å². The third-order valence-corrected chi connectivity index (χ3v) is 3.30. The van der Waals surface area contributed by atoms with Gasteiger partial charge >= 0.3 is 0 Å². The van der Waals surface area contributed by atoms with Crippen LogP contribution < -0.4 is 5.32 Å². The molecule has 3 nitrogen and oxygen atoms in total. The van der Waals surface area contributed by atoms with E-state index < -0.39 is 0 Å². The molecule has 0 saturated carbocycles. The summed E-state index contributed by atoms with van der Waals surface area (Å²) in [5.74, 6) is 0.171. The molecule has 2 aromatic carbocycles. The van der Waals surface area contributed by atoms with Gasteiger partial charge in [-0.15, -0.1) is 0 Å². The average Bonchev–Trinajstić information content (AvgIpc) is 2.37. The van der Waals surface area contributed by atoms with Crippen molar-refractivity contribution in [3.63, 3.8) is 0 Å². The molecular formula is C17H21NO2. The van der Waals surface area contributed by atoms with Crippen molar-refractivity contribution in [2.45, 2.75) is 32.7 Å². The monoisotopic (exact) mass is 271 g/mol. The van der Waals surface area contributed by atoms with Crippen molar-refractivity contribution < 1.29 is 10.2 Å². The second-order valence-corrected chi connectivity index (χ2v) is 5.99. The Morgan fingerprint density at radius 3 is 2.15 bits per heavy atom. The van der Waals surface area contributed by atoms with E-state index in [2.05, 4.69) is 38.2 Å². The first-order valence-corrected chi connectivity index (χ1v) is 6.71. The zero-order valence-electron chi connectivity index (χ0n) is 12.1. The van der Waals surface area contributed by atoms with Gasteiger partial charge in [-0.3, -0.25) is 0 Å². The molecule has 0 atom stereocenters. The number of hydrogen-bond acceptors (Lipinski definition) is 3. The Hall–Kier alpha value is -2.16. The number of nitrogens with one attached hydrogen (secondary N) is 1. The summed E-state index contributed by atoms with van der Waals surface area (Å²) in [6.07, 6.45) is 0. The number of phenolic OH excluding ortho intramolecular Hbond substituents is 2. The van der Waals surface area contributed by atoms with Crippen molar-refractivity contribution in [3.05, 3.63) is 53.6 Å². The Morgan fingerprint density at radius 1 is 0.950 bits per heavy atom. The number of benzene rings is 2. The van der Waals surface area contributed by atoms with E-state index in [4.69, 9.17) is 0 Å². The number of aromatic hydroxyl groups is 2. The minimum absolute atomic E-state index is 0.0702. The Bertz CT molecular complexity index is 583. The van der Waals surface area contributed by atoms with Crippen LogP contribution in [0.3, 0.4) is 0 Å². The molecule has 0 aliphatic carbocycles. The fraction of sp³-hybridized carbons (Fsp3) is 0.294. The second-order valence-electron chi connectivity index (χ2n) is 5.99. The third-order valence-electron chi connectivity index (χ3n) is 3.30. The summed E-state index contributed by atoms with van der Waals surface area (Å²) in [5, 5.41) is 22.2. The van der Waals surface area contributed by atoms with E-state index in [1.807, 2.05) is 12.1 Å². The number of anilines is 1. The second kappa shape index (κ2) is 5.45. The van der Waals surface area contributed by atoms with E-state index >= 15 is 0 Å². The lowest BCUT2D eigenvalue weighted by molar-refractivity contribution is 0.446. The molecule has 3 heteroatoms. The van der Waals surface area contributed by atoms with E-state index in [1.165, 1.54) is 11.6 Å². The molecule has 0 fully saturated rings. The van der Waals surface area contributed by atoms with E-state index in [0.29, 0.717) is 6.54 Å². The topological polar surface area (TPSA) is 52.5 Å². The van der Waals surface area contributed by atoms with Gasteiger partial charge in [-0.25, -0.2) is 0 Å². The van der Waals surface area contributed by atoms with Gasteiger partial charge in [-0.05, 0) is 35.2 Å². The molecule has 0 aromatic heterocycles. The largest absolute Gasteiger partial charge is 0.508 e. The number of hydrogen-bond donors (Lipinski definition) is 3. The van der Waals surface area contributed by atoms with Crippen molar-refractivity contribution in [3.8, 4) is 11.5 Å². The smallest absolute Gasteiger partial charge is 0.124 e. The van der Waals surface area contributed by atoms with E-state index in [-0.39, 0.29) is 16.9 Å². The normalized spacial score (nSPS) is 11.3. The van der Waals surface area contributed by atoms with Crippen molar-refractivity contribution in [2.24, 2.45) is 0 Å². The lowest BCUT2D eigenvalue weighted by atomic mass is 9.87. The van der Waals surface area contributed by atoms with Crippen LogP contribution in [0.2, 0.25) is 0 Å². The molecule has 0 aliphatic rings. The molecule has 0 aliphatic heterocycles. The zero-order chi connectivity index (χ0) is 14.8. The molecule has 0 spiro atoms. The van der Waals surface area contributed by atoms with Crippen LogP contribution in [-0.4, -0.2) is 10.2 Å². The fourth-order valence-electron chi connectivity index (χ4n) is 1.99. The van der Waals surface area contributed by atoms with Gasteiger partial charge < -0.3 is 15.5 Å². The summed E-state index contributed by atoms with van der Waals surface area (Å²) in [6.45, 7) is 7.07. The van der Waals surface area contributed by atoms with Crippen LogP contribution in [0.4, 0.5) is 5.69 Å². The van der Waals surface area contributed by atoms with E-state index in [9.17, 15) is 10.2 Å². The molecule has 2 aromatic rings. The van der Waals surface area contributed by atoms with Crippen molar-refractivity contribution in [1.82, 2.24) is 0 Å². The zero-order valence-corrected chi connectivity index (χ0v) is 12.1. The molecule has 0 saturated heterocycles. The minimum atomic E-state index is 0.0702. The van der Waals surface area contributed by atoms with Gasteiger partial charge in [-0.2, -0.15) is 0 Å². The maximum Gasteiger partial charge on any atom is 0.124 e. The maximum atomic E-state index is 9.72. The highest BCUT2D eigenvalue weighted by Gasteiger charge is 2.12. The van der Waals surface area contributed by atoms with Gasteiger partial charge in [0, 0.05) is 23.9 Å². The highest BCUT2D eigenvalue weighted by atomic mass is 16.3. The molecular weight excluding hydrogens is 250 g/mol. The fourth-order valence-corrected chi connectivity index (χ4v) is 1.99. The quantitative estimate of drug-likeness (QED) is 0.790. The summed E-state index contributed by atoms with van der Waals surface area (Å²) in [4.78, 5) is 0. The van der Waals surface area contributed by atoms with Gasteiger partial charge in [0.1, 0.15) is 11.5 Å². The van der Waals surface area contributed by atoms with Crippen LogP contribution >= 0.6 is 0 Å². The predicted molar refractivity (Wildman–Crippen MR) is 82.2 cm³/mol. The Balaban J connectivity index is 2.04. The molecule has 0 amide bonds. The standard InChI is InChI=1S/C17H21NO2/c1-17(2,3)13-5-7-14(8-6-13)18-11-12-4-9-15(19)10-16(12)20/h4-10,18-20H,11H2,1-3H3. The Kier molecular flexibility index (Phi) is 3.89. The van der Waals surface area contributed by atoms with Crippen LogP contribution in [0.15, 0.2) is 42.5 Å². The average molecular weight is 271 g/mol. The van der Waals surface area contributed by atoms with E-state index in [0.717, 1.165) is 11.3 Å². The third kappa shape index (κ3) is 3.44. The summed E-state index contributed by atoms with van der Waals surface area (Å²) >= 11 is 0. The van der Waals surface area contributed by atoms with Crippen molar-refractivity contribution in [2.75, 3.05) is 5.32 Å². The summed E-state index contributed by atoms with van der Waals surface area (Å²) in [7, 11) is 0. The lowest BCUT2D eigenvalue weighted by Gasteiger charge is -2.19. The van der Waals surface area contributed by atoms with Crippen LogP contribution in [0.25, 0.3) is 0 Å². The van der Waals surface area contributed by atoms with Crippen molar-refractivity contribution >= 4 is 5.69 Å². The molecule has 20 heavy (non-hydrogen) atoms. The molecule has 0 unspecified atom stereocenters. The summed E-state index contributed by atoms with van der Waals surface area (Å²) in [6, 6.07) is 12.9. The summed E-state index contributed by atoms with van der Waals surface area (Å²) < 4.78 is 0. The van der Waals surface area contributed by atoms with Crippen molar-refractivity contribution in [1.29, 1.82) is 0 Å². The first-order chi connectivity index (χ1) is 9.36. The first kappa shape index (κ1) is 14.3. The molecule has 0 radical (unpaired) electrons. The van der Waals surface area contributed by atoms with Gasteiger partial charge in [0.05, 0.1) is 0 Å². The minimum Gasteiger partial charge on any atom is -0.508 e. The molecule has 0 bridgehead atoms. The van der Waals surface area contributed by atoms with Gasteiger partial charge in [0.25, 0.3) is 0 Å². The molecule has 0 heterocycles. The highest BCUT2D eigenvalue weighted by molar-refractivity contribution is 5.48. The number of phenols is 2. The Morgan fingerprint density at radius 2 is 1.60 bits per heavy atom. The first-order valence-electron chi connectivity index (χ1n) is 6.71. The van der Waals surface area contributed by atoms with Gasteiger partial charge in [0.2, 0.25) is 0 Å². The van der Waals surface area contributed by atoms with Crippen LogP contribution in [-0.2, 0) is 12.0 Å². The van der Waals surface area contributed by atoms with Crippen LogP contribution in [0.5, 0.6) is 11.5 Å². The highest BCUT2D eigenvalue weighted by Crippen LogP contribution is 2.25. The van der Waals surface area contributed by atoms with Gasteiger partial charge in [-0.1, -0.05) is 32.9 Å². The van der Waals surface area contributed by atoms with E-state index in [1.54, 1.807) is 12.1 Å². The maximum absolute atomic E-state index is 9.72. The Labute approximate surface area is 119 Å². The number of rotatable bonds is 3. The van der Waals surface area contributed by atoms with Crippen LogP contribution in [0, 0.1) is 0 Å². The SMILES string of the molecule is CC(C)(C)c1ccc(NCc2ccc(O)cc2O)cc1. The molecule has 2 rings (SSSR count). The molecule has 106 valence electrons. The van der Waals surface area contributed by atoms with Crippen LogP contribution in [0.1, 0.15) is 31.9 Å². The predicted octanol–water partition coefficient (Wildman–Crippen LogP) is 4.01. The molecule has 3 N–H and O–H groups in total. The lowest BCUT2D eigenvalue weighted by Crippen LogP contribution is -2.10. The summed E-state index contributed by atoms with van der Waals surface area (Å²) in [5.41, 5.74) is 3.19.